The molecule has 0 bridgehead atoms. The first-order valence-corrected chi connectivity index (χ1v) is 9.43. The van der Waals surface area contributed by atoms with Gasteiger partial charge in [-0.25, -0.2) is 13.2 Å². The molecule has 11 heteroatoms. The van der Waals surface area contributed by atoms with Crippen molar-refractivity contribution in [3.8, 4) is 0 Å². The van der Waals surface area contributed by atoms with Crippen molar-refractivity contribution in [2.24, 2.45) is 7.05 Å². The lowest BCUT2D eigenvalue weighted by atomic mass is 10.2. The molecule has 1 aliphatic carbocycles. The number of amides is 2. The maximum Gasteiger partial charge on any atom is 0.243 e. The molecule has 0 saturated heterocycles. The quantitative estimate of drug-likeness (QED) is 0.537. The molecular weight excluding hydrogens is 395 g/mol. The molecule has 7 nitrogen and oxygen atoms in total. The Kier molecular flexibility index (Phi) is 5.92. The van der Waals surface area contributed by atoms with Gasteiger partial charge >= 0.3 is 0 Å². The summed E-state index contributed by atoms with van der Waals surface area (Å²) in [5.41, 5.74) is -0.507. The van der Waals surface area contributed by atoms with Crippen LogP contribution in [0.1, 0.15) is 31.5 Å². The number of rotatable bonds is 7. The molecule has 1 aliphatic rings. The summed E-state index contributed by atoms with van der Waals surface area (Å²) in [7, 11) is 1.84. The third-order valence-electron chi connectivity index (χ3n) is 4.19. The van der Waals surface area contributed by atoms with Crippen molar-refractivity contribution in [2.45, 2.75) is 36.1 Å². The van der Waals surface area contributed by atoms with Crippen LogP contribution in [-0.4, -0.2) is 38.4 Å². The normalized spacial score (nSPS) is 14.6. The number of nitrogens with zero attached hydrogens (tertiary/aromatic N) is 3. The number of halogens is 3. The molecule has 1 heterocycles. The second kappa shape index (κ2) is 8.21. The molecule has 1 fully saturated rings. The van der Waals surface area contributed by atoms with E-state index in [0.717, 1.165) is 24.7 Å². The van der Waals surface area contributed by atoms with Gasteiger partial charge in [-0.2, -0.15) is 0 Å². The van der Waals surface area contributed by atoms with Crippen LogP contribution in [0, 0.1) is 17.5 Å². The van der Waals surface area contributed by atoms with Crippen LogP contribution < -0.4 is 10.6 Å². The monoisotopic (exact) mass is 413 g/mol. The van der Waals surface area contributed by atoms with Crippen LogP contribution in [0.25, 0.3) is 0 Å². The van der Waals surface area contributed by atoms with Gasteiger partial charge in [0.2, 0.25) is 11.8 Å². The number of hydrogen-bond donors (Lipinski definition) is 2. The van der Waals surface area contributed by atoms with E-state index in [-0.39, 0.29) is 0 Å². The Morgan fingerprint density at radius 3 is 2.64 bits per heavy atom. The predicted molar refractivity (Wildman–Crippen MR) is 96.3 cm³/mol. The number of carbonyl (C=O) groups excluding carboxylic acids is 2. The average molecular weight is 413 g/mol. The highest BCUT2D eigenvalue weighted by atomic mass is 32.2. The van der Waals surface area contributed by atoms with E-state index in [4.69, 9.17) is 0 Å². The largest absolute Gasteiger partial charge is 0.346 e. The first kappa shape index (κ1) is 20.2. The highest BCUT2D eigenvalue weighted by Crippen LogP contribution is 2.39. The molecule has 0 spiro atoms. The van der Waals surface area contributed by atoms with Crippen LogP contribution in [0.2, 0.25) is 0 Å². The number of hydrogen-bond acceptors (Lipinski definition) is 5. The third kappa shape index (κ3) is 4.46. The van der Waals surface area contributed by atoms with Crippen molar-refractivity contribution in [3.63, 3.8) is 0 Å². The lowest BCUT2D eigenvalue weighted by Crippen LogP contribution is -2.37. The Morgan fingerprint density at radius 2 is 1.96 bits per heavy atom. The number of nitrogens with one attached hydrogen (secondary N) is 2. The zero-order chi connectivity index (χ0) is 20.4. The number of benzene rings is 1. The molecule has 0 unspecified atom stereocenters. The Hall–Kier alpha value is -2.56. The van der Waals surface area contributed by atoms with Crippen molar-refractivity contribution in [1.29, 1.82) is 0 Å². The fraction of sp³-hybridized carbons (Fsp3) is 0.412. The molecule has 1 aromatic carbocycles. The highest BCUT2D eigenvalue weighted by molar-refractivity contribution is 8.00. The second-order valence-electron chi connectivity index (χ2n) is 6.42. The zero-order valence-electron chi connectivity index (χ0n) is 15.1. The highest BCUT2D eigenvalue weighted by Gasteiger charge is 2.30. The number of aromatic nitrogens is 3. The summed E-state index contributed by atoms with van der Waals surface area (Å²) in [6.45, 7) is 1.20. The van der Waals surface area contributed by atoms with Crippen molar-refractivity contribution in [1.82, 2.24) is 20.1 Å². The van der Waals surface area contributed by atoms with E-state index in [0.29, 0.717) is 17.1 Å². The molecule has 150 valence electrons. The standard InChI is InChI=1S/C17H18F3N5O2S/c1-8(28-17-24-23-15(25(17)2)9-3-4-9)16(27)21-7-12(26)22-11-6-5-10(18)13(19)14(11)20/h5-6,8-9H,3-4,7H2,1-2H3,(H,21,27)(H,22,26)/t8-/m0/s1. The van der Waals surface area contributed by atoms with E-state index in [2.05, 4.69) is 20.8 Å². The van der Waals surface area contributed by atoms with Crippen molar-refractivity contribution in [2.75, 3.05) is 11.9 Å². The van der Waals surface area contributed by atoms with Gasteiger partial charge in [-0.15, -0.1) is 10.2 Å². The van der Waals surface area contributed by atoms with Gasteiger partial charge in [0, 0.05) is 13.0 Å². The van der Waals surface area contributed by atoms with Crippen LogP contribution in [0.15, 0.2) is 17.3 Å². The van der Waals surface area contributed by atoms with Crippen molar-refractivity contribution < 1.29 is 22.8 Å². The predicted octanol–water partition coefficient (Wildman–Crippen LogP) is 2.35. The number of carbonyl (C=O) groups is 2. The van der Waals surface area contributed by atoms with E-state index < -0.39 is 46.7 Å². The molecule has 3 rings (SSSR count). The topological polar surface area (TPSA) is 88.9 Å². The van der Waals surface area contributed by atoms with E-state index in [1.807, 2.05) is 11.6 Å². The van der Waals surface area contributed by atoms with Gasteiger partial charge in [0.05, 0.1) is 17.5 Å². The maximum absolute atomic E-state index is 13.6. The molecule has 2 amide bonds. The molecule has 1 atom stereocenters. The third-order valence-corrected chi connectivity index (χ3v) is 5.33. The Labute approximate surface area is 163 Å². The molecular formula is C17H18F3N5O2S. The fourth-order valence-electron chi connectivity index (χ4n) is 2.47. The van der Waals surface area contributed by atoms with E-state index in [1.165, 1.54) is 11.8 Å². The van der Waals surface area contributed by atoms with E-state index in [1.54, 1.807) is 6.92 Å². The summed E-state index contributed by atoms with van der Waals surface area (Å²) in [5.74, 6) is -4.42. The molecule has 1 saturated carbocycles. The second-order valence-corrected chi connectivity index (χ2v) is 7.73. The minimum absolute atomic E-state index is 0.427. The minimum Gasteiger partial charge on any atom is -0.346 e. The first-order chi connectivity index (χ1) is 13.3. The van der Waals surface area contributed by atoms with Crippen LogP contribution in [-0.2, 0) is 16.6 Å². The summed E-state index contributed by atoms with van der Waals surface area (Å²) in [5, 5.41) is 12.8. The minimum atomic E-state index is -1.68. The van der Waals surface area contributed by atoms with E-state index in [9.17, 15) is 22.8 Å². The maximum atomic E-state index is 13.6. The molecule has 0 aliphatic heterocycles. The van der Waals surface area contributed by atoms with Gasteiger partial charge < -0.3 is 15.2 Å². The summed E-state index contributed by atoms with van der Waals surface area (Å²) in [6.07, 6.45) is 2.17. The average Bonchev–Trinajstić information content (AvgIpc) is 3.44. The van der Waals surface area contributed by atoms with Gasteiger partial charge in [-0.3, -0.25) is 9.59 Å². The number of thioether (sulfide) groups is 1. The Morgan fingerprint density at radius 1 is 1.25 bits per heavy atom. The zero-order valence-corrected chi connectivity index (χ0v) is 15.9. The van der Waals surface area contributed by atoms with Crippen LogP contribution in [0.3, 0.4) is 0 Å². The lowest BCUT2D eigenvalue weighted by molar-refractivity contribution is -0.123. The molecule has 1 aromatic heterocycles. The number of anilines is 1. The Bertz CT molecular complexity index is 916. The summed E-state index contributed by atoms with van der Waals surface area (Å²) < 4.78 is 41.5. The molecule has 28 heavy (non-hydrogen) atoms. The van der Waals surface area contributed by atoms with Crippen LogP contribution in [0.5, 0.6) is 0 Å². The van der Waals surface area contributed by atoms with Gasteiger partial charge in [0.15, 0.2) is 22.6 Å². The lowest BCUT2D eigenvalue weighted by Gasteiger charge is -2.12. The van der Waals surface area contributed by atoms with Gasteiger partial charge in [0.25, 0.3) is 0 Å². The van der Waals surface area contributed by atoms with Crippen LogP contribution in [0.4, 0.5) is 18.9 Å². The Balaban J connectivity index is 1.50. The van der Waals surface area contributed by atoms with Gasteiger partial charge in [-0.1, -0.05) is 11.8 Å². The molecule has 2 aromatic rings. The smallest absolute Gasteiger partial charge is 0.243 e. The van der Waals surface area contributed by atoms with Crippen molar-refractivity contribution >= 4 is 29.3 Å². The van der Waals surface area contributed by atoms with Crippen molar-refractivity contribution in [3.05, 3.63) is 35.4 Å². The summed E-state index contributed by atoms with van der Waals surface area (Å²) in [6, 6.07) is 1.60. The summed E-state index contributed by atoms with van der Waals surface area (Å²) >= 11 is 1.20. The van der Waals surface area contributed by atoms with E-state index >= 15 is 0 Å². The first-order valence-electron chi connectivity index (χ1n) is 8.55. The van der Waals surface area contributed by atoms with Crippen LogP contribution >= 0.6 is 11.8 Å². The molecule has 0 radical (unpaired) electrons. The fourth-order valence-corrected chi connectivity index (χ4v) is 3.31. The summed E-state index contributed by atoms with van der Waals surface area (Å²) in [4.78, 5) is 24.0. The SMILES string of the molecule is C[C@H](Sc1nnc(C2CC2)n1C)C(=O)NCC(=O)Nc1ccc(F)c(F)c1F. The molecule has 2 N–H and O–H groups in total. The van der Waals surface area contributed by atoms with Gasteiger partial charge in [-0.05, 0) is 31.9 Å². The van der Waals surface area contributed by atoms with Gasteiger partial charge in [0.1, 0.15) is 5.82 Å².